The van der Waals surface area contributed by atoms with Crippen LogP contribution >= 0.6 is 11.3 Å². The molecule has 0 aliphatic rings. The van der Waals surface area contributed by atoms with Crippen molar-refractivity contribution in [2.75, 3.05) is 0 Å². The van der Waals surface area contributed by atoms with Crippen LogP contribution in [-0.2, 0) is 11.3 Å². The van der Waals surface area contributed by atoms with Gasteiger partial charge >= 0.3 is 0 Å². The summed E-state index contributed by atoms with van der Waals surface area (Å²) >= 11 is 1.63. The highest BCUT2D eigenvalue weighted by molar-refractivity contribution is 7.09. The van der Waals surface area contributed by atoms with E-state index in [0.29, 0.717) is 18.0 Å². The summed E-state index contributed by atoms with van der Waals surface area (Å²) in [5, 5.41) is 2.00. The molecule has 1 unspecified atom stereocenters. The monoisotopic (exact) mass is 397 g/mol. The Bertz CT molecular complexity index is 963. The van der Waals surface area contributed by atoms with Gasteiger partial charge in [-0.2, -0.15) is 0 Å². The van der Waals surface area contributed by atoms with Crippen LogP contribution in [0.4, 0.5) is 0 Å². The summed E-state index contributed by atoms with van der Waals surface area (Å²) in [5.41, 5.74) is 7.44. The van der Waals surface area contributed by atoms with Gasteiger partial charge in [-0.05, 0) is 61.5 Å². The number of nitrogens with one attached hydrogen (secondary N) is 2. The van der Waals surface area contributed by atoms with Crippen LogP contribution in [0.2, 0.25) is 0 Å². The molecule has 2 aromatic heterocycles. The van der Waals surface area contributed by atoms with E-state index in [1.54, 1.807) is 30.4 Å². The molecule has 0 fully saturated rings. The number of thiophene rings is 1. The number of carbonyl (C=O) groups excluding carboxylic acids is 2. The van der Waals surface area contributed by atoms with E-state index in [-0.39, 0.29) is 5.91 Å². The molecule has 2 N–H and O–H groups in total. The normalized spacial score (nSPS) is 11.7. The highest BCUT2D eigenvalue weighted by Gasteiger charge is 2.18. The van der Waals surface area contributed by atoms with Gasteiger partial charge in [-0.1, -0.05) is 18.2 Å². The maximum Gasteiger partial charge on any atom is 0.286 e. The SMILES string of the molecule is Cc1cccc(OC(C)C(=O)NNC(=O)c2cccn2Cc2cccs2)c1C. The van der Waals surface area contributed by atoms with E-state index in [2.05, 4.69) is 10.9 Å². The summed E-state index contributed by atoms with van der Waals surface area (Å²) in [6.07, 6.45) is 1.08. The van der Waals surface area contributed by atoms with Gasteiger partial charge in [0.25, 0.3) is 11.8 Å². The molecule has 146 valence electrons. The summed E-state index contributed by atoms with van der Waals surface area (Å²) < 4.78 is 7.57. The Morgan fingerprint density at radius 1 is 1.11 bits per heavy atom. The number of amides is 2. The van der Waals surface area contributed by atoms with Crippen molar-refractivity contribution >= 4 is 23.2 Å². The third kappa shape index (κ3) is 4.61. The molecule has 28 heavy (non-hydrogen) atoms. The molecular formula is C21H23N3O3S. The zero-order valence-corrected chi connectivity index (χ0v) is 16.9. The van der Waals surface area contributed by atoms with Gasteiger partial charge in [-0.15, -0.1) is 11.3 Å². The Balaban J connectivity index is 1.56. The third-order valence-electron chi connectivity index (χ3n) is 4.50. The van der Waals surface area contributed by atoms with E-state index in [4.69, 9.17) is 4.74 Å². The van der Waals surface area contributed by atoms with Crippen molar-refractivity contribution in [3.05, 3.63) is 75.7 Å². The molecule has 0 aliphatic heterocycles. The van der Waals surface area contributed by atoms with Crippen LogP contribution in [-0.4, -0.2) is 22.5 Å². The van der Waals surface area contributed by atoms with Crippen molar-refractivity contribution in [3.8, 4) is 5.75 Å². The maximum absolute atomic E-state index is 12.5. The van der Waals surface area contributed by atoms with Crippen LogP contribution in [0.25, 0.3) is 0 Å². The van der Waals surface area contributed by atoms with Crippen molar-refractivity contribution < 1.29 is 14.3 Å². The Kier molecular flexibility index (Phi) is 6.16. The molecule has 3 aromatic rings. The first-order valence-corrected chi connectivity index (χ1v) is 9.84. The van der Waals surface area contributed by atoms with E-state index >= 15 is 0 Å². The van der Waals surface area contributed by atoms with Crippen molar-refractivity contribution in [2.24, 2.45) is 0 Å². The molecule has 2 heterocycles. The molecule has 0 saturated heterocycles. The van der Waals surface area contributed by atoms with E-state index in [1.165, 1.54) is 0 Å². The molecule has 0 saturated carbocycles. The second kappa shape index (κ2) is 8.75. The molecule has 2 amide bonds. The lowest BCUT2D eigenvalue weighted by Crippen LogP contribution is -2.47. The number of ether oxygens (including phenoxy) is 1. The number of rotatable bonds is 6. The first-order valence-electron chi connectivity index (χ1n) is 8.96. The average Bonchev–Trinajstić information content (AvgIpc) is 3.35. The Hall–Kier alpha value is -3.06. The van der Waals surface area contributed by atoms with E-state index in [0.717, 1.165) is 16.0 Å². The van der Waals surface area contributed by atoms with Gasteiger partial charge in [0.1, 0.15) is 11.4 Å². The molecule has 0 radical (unpaired) electrons. The average molecular weight is 398 g/mol. The second-order valence-electron chi connectivity index (χ2n) is 6.50. The zero-order chi connectivity index (χ0) is 20.1. The van der Waals surface area contributed by atoms with Crippen LogP contribution in [0.15, 0.2) is 54.0 Å². The van der Waals surface area contributed by atoms with Gasteiger partial charge in [0, 0.05) is 11.1 Å². The van der Waals surface area contributed by atoms with Crippen molar-refractivity contribution in [1.82, 2.24) is 15.4 Å². The quantitative estimate of drug-likeness (QED) is 0.626. The lowest BCUT2D eigenvalue weighted by molar-refractivity contribution is -0.128. The van der Waals surface area contributed by atoms with Gasteiger partial charge in [-0.25, -0.2) is 0 Å². The number of hydrogen-bond acceptors (Lipinski definition) is 4. The second-order valence-corrected chi connectivity index (χ2v) is 7.53. The molecule has 1 aromatic carbocycles. The number of carbonyl (C=O) groups is 2. The molecule has 7 heteroatoms. The number of aryl methyl sites for hydroxylation is 1. The predicted octanol–water partition coefficient (Wildman–Crippen LogP) is 3.44. The highest BCUT2D eigenvalue weighted by atomic mass is 32.1. The minimum absolute atomic E-state index is 0.381. The Morgan fingerprint density at radius 2 is 1.93 bits per heavy atom. The summed E-state index contributed by atoms with van der Waals surface area (Å²) in [6, 6.07) is 13.2. The van der Waals surface area contributed by atoms with Crippen molar-refractivity contribution in [2.45, 2.75) is 33.4 Å². The molecule has 6 nitrogen and oxygen atoms in total. The molecule has 1 atom stereocenters. The Labute approximate surface area is 168 Å². The van der Waals surface area contributed by atoms with Crippen LogP contribution in [0.5, 0.6) is 5.75 Å². The molecule has 0 spiro atoms. The topological polar surface area (TPSA) is 72.4 Å². The zero-order valence-electron chi connectivity index (χ0n) is 16.1. The van der Waals surface area contributed by atoms with Crippen LogP contribution in [0.1, 0.15) is 33.4 Å². The first-order chi connectivity index (χ1) is 13.5. The van der Waals surface area contributed by atoms with E-state index in [9.17, 15) is 9.59 Å². The van der Waals surface area contributed by atoms with Gasteiger partial charge in [0.05, 0.1) is 6.54 Å². The van der Waals surface area contributed by atoms with E-state index < -0.39 is 12.0 Å². The van der Waals surface area contributed by atoms with Gasteiger partial charge in [0.15, 0.2) is 6.10 Å². The number of aromatic nitrogens is 1. The van der Waals surface area contributed by atoms with Crippen LogP contribution < -0.4 is 15.6 Å². The molecular weight excluding hydrogens is 374 g/mol. The van der Waals surface area contributed by atoms with E-state index in [1.807, 2.05) is 60.3 Å². The highest BCUT2D eigenvalue weighted by Crippen LogP contribution is 2.21. The molecule has 3 rings (SSSR count). The van der Waals surface area contributed by atoms with Crippen LogP contribution in [0, 0.1) is 13.8 Å². The predicted molar refractivity (Wildman–Crippen MR) is 109 cm³/mol. The maximum atomic E-state index is 12.5. The summed E-state index contributed by atoms with van der Waals surface area (Å²) in [4.78, 5) is 25.9. The number of benzene rings is 1. The number of hydrazine groups is 1. The fraction of sp³-hybridized carbons (Fsp3) is 0.238. The molecule has 0 aliphatic carbocycles. The fourth-order valence-corrected chi connectivity index (χ4v) is 3.41. The van der Waals surface area contributed by atoms with Gasteiger partial charge < -0.3 is 9.30 Å². The Morgan fingerprint density at radius 3 is 2.68 bits per heavy atom. The minimum atomic E-state index is -0.751. The fourth-order valence-electron chi connectivity index (χ4n) is 2.71. The van der Waals surface area contributed by atoms with Crippen molar-refractivity contribution in [1.29, 1.82) is 0 Å². The number of hydrogen-bond donors (Lipinski definition) is 2. The summed E-state index contributed by atoms with van der Waals surface area (Å²) in [6.45, 7) is 6.17. The third-order valence-corrected chi connectivity index (χ3v) is 5.36. The van der Waals surface area contributed by atoms with Crippen molar-refractivity contribution in [3.63, 3.8) is 0 Å². The summed E-state index contributed by atoms with van der Waals surface area (Å²) in [7, 11) is 0. The summed E-state index contributed by atoms with van der Waals surface area (Å²) in [5.74, 6) is -0.154. The number of nitrogens with zero attached hydrogens (tertiary/aromatic N) is 1. The minimum Gasteiger partial charge on any atom is -0.481 e. The smallest absolute Gasteiger partial charge is 0.286 e. The lowest BCUT2D eigenvalue weighted by atomic mass is 10.1. The largest absolute Gasteiger partial charge is 0.481 e. The standard InChI is InChI=1S/C21H23N3O3S/c1-14-7-4-10-19(15(14)2)27-16(3)20(25)22-23-21(26)18-9-5-11-24(18)13-17-8-6-12-28-17/h4-12,16H,13H2,1-3H3,(H,22,25)(H,23,26). The lowest BCUT2D eigenvalue weighted by Gasteiger charge is -2.17. The van der Waals surface area contributed by atoms with Gasteiger partial charge in [-0.3, -0.25) is 20.4 Å². The first kappa shape index (κ1) is 19.7. The molecule has 0 bridgehead atoms. The van der Waals surface area contributed by atoms with Crippen LogP contribution in [0.3, 0.4) is 0 Å². The van der Waals surface area contributed by atoms with Gasteiger partial charge in [0.2, 0.25) is 0 Å².